The second-order valence-electron chi connectivity index (χ2n) is 4.93. The third kappa shape index (κ3) is 4.15. The first-order valence-electron chi connectivity index (χ1n) is 6.75. The summed E-state index contributed by atoms with van der Waals surface area (Å²) >= 11 is 0. The molecule has 0 unspecified atom stereocenters. The van der Waals surface area contributed by atoms with Crippen molar-refractivity contribution in [3.63, 3.8) is 0 Å². The third-order valence-corrected chi connectivity index (χ3v) is 3.19. The Labute approximate surface area is 127 Å². The fourth-order valence-corrected chi connectivity index (χ4v) is 1.85. The molecule has 0 fully saturated rings. The minimum absolute atomic E-state index is 0.0685. The molecular formula is C17H16FNO3. The molecule has 0 aliphatic heterocycles. The largest absolute Gasteiger partial charge is 0.452 e. The topological polar surface area (TPSA) is 55.4 Å². The van der Waals surface area contributed by atoms with Crippen LogP contribution in [0.3, 0.4) is 0 Å². The second kappa shape index (κ2) is 6.85. The summed E-state index contributed by atoms with van der Waals surface area (Å²) in [7, 11) is 0. The summed E-state index contributed by atoms with van der Waals surface area (Å²) in [4.78, 5) is 23.4. The lowest BCUT2D eigenvalue weighted by atomic mass is 10.1. The van der Waals surface area contributed by atoms with E-state index in [2.05, 4.69) is 5.32 Å². The van der Waals surface area contributed by atoms with Gasteiger partial charge in [-0.2, -0.15) is 0 Å². The number of hydrogen-bond donors (Lipinski definition) is 1. The number of benzene rings is 2. The smallest absolute Gasteiger partial charge is 0.338 e. The van der Waals surface area contributed by atoms with Crippen LogP contribution in [-0.2, 0) is 9.53 Å². The van der Waals surface area contributed by atoms with Gasteiger partial charge in [0.05, 0.1) is 5.56 Å². The zero-order valence-electron chi connectivity index (χ0n) is 12.4. The summed E-state index contributed by atoms with van der Waals surface area (Å²) < 4.78 is 17.9. The molecule has 0 aliphatic rings. The van der Waals surface area contributed by atoms with Crippen LogP contribution in [0, 0.1) is 19.7 Å². The molecule has 1 N–H and O–H groups in total. The summed E-state index contributed by atoms with van der Waals surface area (Å²) in [5.74, 6) is -1.73. The van der Waals surface area contributed by atoms with E-state index in [9.17, 15) is 14.0 Å². The Bertz CT molecular complexity index is 713. The number of nitrogens with one attached hydrogen (secondary N) is 1. The number of halogens is 1. The molecule has 2 aromatic carbocycles. The molecule has 0 spiro atoms. The van der Waals surface area contributed by atoms with Crippen LogP contribution >= 0.6 is 0 Å². The quantitative estimate of drug-likeness (QED) is 0.882. The molecule has 0 bridgehead atoms. The van der Waals surface area contributed by atoms with Gasteiger partial charge in [0.2, 0.25) is 0 Å². The van der Waals surface area contributed by atoms with Crippen molar-refractivity contribution in [3.8, 4) is 0 Å². The van der Waals surface area contributed by atoms with Gasteiger partial charge < -0.3 is 10.1 Å². The maximum Gasteiger partial charge on any atom is 0.338 e. The predicted molar refractivity (Wildman–Crippen MR) is 81.2 cm³/mol. The molecule has 114 valence electrons. The molecule has 0 aromatic heterocycles. The minimum Gasteiger partial charge on any atom is -0.452 e. The maximum absolute atomic E-state index is 13.0. The van der Waals surface area contributed by atoms with Crippen molar-refractivity contribution in [1.29, 1.82) is 0 Å². The van der Waals surface area contributed by atoms with Gasteiger partial charge in [-0.1, -0.05) is 12.1 Å². The van der Waals surface area contributed by atoms with Crippen LogP contribution < -0.4 is 5.32 Å². The molecule has 0 aliphatic carbocycles. The van der Waals surface area contributed by atoms with E-state index >= 15 is 0 Å². The molecular weight excluding hydrogens is 285 g/mol. The highest BCUT2D eigenvalue weighted by Gasteiger charge is 2.11. The predicted octanol–water partition coefficient (Wildman–Crippen LogP) is 3.24. The standard InChI is InChI=1S/C17H16FNO3/c1-11-6-7-15(8-12(11)2)19-16(20)10-22-17(21)13-4-3-5-14(18)9-13/h3-9H,10H2,1-2H3,(H,19,20). The molecule has 0 saturated heterocycles. The van der Waals surface area contributed by atoms with Gasteiger partial charge in [0.1, 0.15) is 5.82 Å². The van der Waals surface area contributed by atoms with Gasteiger partial charge in [-0.25, -0.2) is 9.18 Å². The maximum atomic E-state index is 13.0. The Hall–Kier alpha value is -2.69. The van der Waals surface area contributed by atoms with Crippen molar-refractivity contribution in [2.75, 3.05) is 11.9 Å². The second-order valence-corrected chi connectivity index (χ2v) is 4.93. The third-order valence-electron chi connectivity index (χ3n) is 3.19. The lowest BCUT2D eigenvalue weighted by Gasteiger charge is -2.08. The molecule has 0 heterocycles. The Balaban J connectivity index is 1.90. The number of carbonyl (C=O) groups excluding carboxylic acids is 2. The summed E-state index contributed by atoms with van der Waals surface area (Å²) in [6, 6.07) is 10.6. The van der Waals surface area contributed by atoms with Crippen molar-refractivity contribution < 1.29 is 18.7 Å². The van der Waals surface area contributed by atoms with Crippen molar-refractivity contribution in [2.45, 2.75) is 13.8 Å². The molecule has 5 heteroatoms. The van der Waals surface area contributed by atoms with Gasteiger partial charge in [-0.3, -0.25) is 4.79 Å². The zero-order valence-corrected chi connectivity index (χ0v) is 12.4. The van der Waals surface area contributed by atoms with E-state index in [1.165, 1.54) is 18.2 Å². The fourth-order valence-electron chi connectivity index (χ4n) is 1.85. The van der Waals surface area contributed by atoms with E-state index in [4.69, 9.17) is 4.74 Å². The number of esters is 1. The van der Waals surface area contributed by atoms with Gasteiger partial charge in [-0.15, -0.1) is 0 Å². The van der Waals surface area contributed by atoms with Crippen molar-refractivity contribution in [3.05, 3.63) is 65.0 Å². The van der Waals surface area contributed by atoms with Crippen LogP contribution in [-0.4, -0.2) is 18.5 Å². The van der Waals surface area contributed by atoms with Crippen LogP contribution in [0.25, 0.3) is 0 Å². The zero-order chi connectivity index (χ0) is 16.1. The molecule has 0 saturated carbocycles. The Kier molecular flexibility index (Phi) is 4.88. The summed E-state index contributed by atoms with van der Waals surface area (Å²) in [6.45, 7) is 3.49. The number of amides is 1. The highest BCUT2D eigenvalue weighted by atomic mass is 19.1. The fraction of sp³-hybridized carbons (Fsp3) is 0.176. The molecule has 0 radical (unpaired) electrons. The van der Waals surface area contributed by atoms with Gasteiger partial charge in [0, 0.05) is 5.69 Å². The van der Waals surface area contributed by atoms with Crippen LogP contribution in [0.2, 0.25) is 0 Å². The molecule has 1 amide bonds. The number of carbonyl (C=O) groups is 2. The van der Waals surface area contributed by atoms with Gasteiger partial charge in [-0.05, 0) is 55.3 Å². The van der Waals surface area contributed by atoms with Crippen LogP contribution in [0.4, 0.5) is 10.1 Å². The summed E-state index contributed by atoms with van der Waals surface area (Å²) in [5, 5.41) is 2.64. The van der Waals surface area contributed by atoms with E-state index in [0.29, 0.717) is 5.69 Å². The van der Waals surface area contributed by atoms with Crippen LogP contribution in [0.15, 0.2) is 42.5 Å². The first-order chi connectivity index (χ1) is 10.5. The van der Waals surface area contributed by atoms with Crippen LogP contribution in [0.5, 0.6) is 0 Å². The molecule has 2 rings (SSSR count). The average molecular weight is 301 g/mol. The number of anilines is 1. The van der Waals surface area contributed by atoms with Gasteiger partial charge >= 0.3 is 5.97 Å². The van der Waals surface area contributed by atoms with E-state index in [1.807, 2.05) is 26.0 Å². The Morgan fingerprint density at radius 2 is 1.86 bits per heavy atom. The normalized spacial score (nSPS) is 10.1. The highest BCUT2D eigenvalue weighted by Crippen LogP contribution is 2.14. The van der Waals surface area contributed by atoms with E-state index < -0.39 is 24.3 Å². The lowest BCUT2D eigenvalue weighted by molar-refractivity contribution is -0.119. The van der Waals surface area contributed by atoms with E-state index in [-0.39, 0.29) is 5.56 Å². The first-order valence-corrected chi connectivity index (χ1v) is 6.75. The Morgan fingerprint density at radius 1 is 1.09 bits per heavy atom. The first kappa shape index (κ1) is 15.7. The summed E-state index contributed by atoms with van der Waals surface area (Å²) in [5.41, 5.74) is 2.87. The van der Waals surface area contributed by atoms with Crippen molar-refractivity contribution in [2.24, 2.45) is 0 Å². The SMILES string of the molecule is Cc1ccc(NC(=O)COC(=O)c2cccc(F)c2)cc1C. The number of hydrogen-bond acceptors (Lipinski definition) is 3. The minimum atomic E-state index is -0.741. The van der Waals surface area contributed by atoms with Crippen LogP contribution in [0.1, 0.15) is 21.5 Å². The molecule has 4 nitrogen and oxygen atoms in total. The Morgan fingerprint density at radius 3 is 2.55 bits per heavy atom. The molecule has 22 heavy (non-hydrogen) atoms. The number of ether oxygens (including phenoxy) is 1. The highest BCUT2D eigenvalue weighted by molar-refractivity contribution is 5.95. The lowest BCUT2D eigenvalue weighted by Crippen LogP contribution is -2.21. The van der Waals surface area contributed by atoms with E-state index in [1.54, 1.807) is 6.07 Å². The molecule has 0 atom stereocenters. The monoisotopic (exact) mass is 301 g/mol. The van der Waals surface area contributed by atoms with E-state index in [0.717, 1.165) is 17.2 Å². The number of rotatable bonds is 4. The number of aryl methyl sites for hydroxylation is 2. The summed E-state index contributed by atoms with van der Waals surface area (Å²) in [6.07, 6.45) is 0. The van der Waals surface area contributed by atoms with Crippen molar-refractivity contribution >= 4 is 17.6 Å². The average Bonchev–Trinajstić information content (AvgIpc) is 2.48. The van der Waals surface area contributed by atoms with Gasteiger partial charge in [0.15, 0.2) is 6.61 Å². The van der Waals surface area contributed by atoms with Crippen molar-refractivity contribution in [1.82, 2.24) is 0 Å². The molecule has 2 aromatic rings. The van der Waals surface area contributed by atoms with Gasteiger partial charge in [0.25, 0.3) is 5.91 Å².